The van der Waals surface area contributed by atoms with Crippen molar-refractivity contribution < 1.29 is 9.90 Å². The molecule has 0 aliphatic carbocycles. The second-order valence-electron chi connectivity index (χ2n) is 2.55. The minimum absolute atomic E-state index is 0.139. The number of hydrogen-bond acceptors (Lipinski definition) is 1. The average Bonchev–Trinajstić information content (AvgIpc) is 2.45. The van der Waals surface area contributed by atoms with Crippen LogP contribution in [0.1, 0.15) is 9.23 Å². The Morgan fingerprint density at radius 1 is 1.38 bits per heavy atom. The van der Waals surface area contributed by atoms with Crippen molar-refractivity contribution in [3.8, 4) is 0 Å². The first-order chi connectivity index (χ1) is 6.20. The van der Waals surface area contributed by atoms with Crippen LogP contribution in [-0.4, -0.2) is 25.6 Å². The van der Waals surface area contributed by atoms with E-state index >= 15 is 0 Å². The van der Waals surface area contributed by atoms with Crippen LogP contribution in [0.4, 0.5) is 0 Å². The van der Waals surface area contributed by atoms with Gasteiger partial charge in [0.15, 0.2) is 0 Å². The zero-order valence-electron chi connectivity index (χ0n) is 6.45. The predicted molar refractivity (Wildman–Crippen MR) is 52.9 cm³/mol. The van der Waals surface area contributed by atoms with E-state index in [9.17, 15) is 4.79 Å². The first-order valence-electron chi connectivity index (χ1n) is 3.60. The molecule has 0 saturated carbocycles. The fourth-order valence-electron chi connectivity index (χ4n) is 1.15. The average molecular weight is 260 g/mol. The summed E-state index contributed by atoms with van der Waals surface area (Å²) in [6, 6.07) is 7.54. The molecule has 0 aliphatic heterocycles. The topological polar surface area (TPSA) is 37.3 Å². The van der Waals surface area contributed by atoms with Crippen molar-refractivity contribution >= 4 is 41.7 Å². The molecule has 1 N–H and O–H groups in total. The van der Waals surface area contributed by atoms with Gasteiger partial charge in [-0.1, -0.05) is 0 Å². The normalized spacial score (nSPS) is 10.5. The number of fused-ring (bicyclic) bond motifs is 1. The Bertz CT molecular complexity index is 475. The zero-order valence-corrected chi connectivity index (χ0v) is 8.92. The van der Waals surface area contributed by atoms with Crippen molar-refractivity contribution in [2.75, 3.05) is 0 Å². The fourth-order valence-corrected chi connectivity index (χ4v) is 3.68. The molecule has 0 radical (unpaired) electrons. The first kappa shape index (κ1) is 8.82. The first-order valence-corrected chi connectivity index (χ1v) is 5.69. The Kier molecular flexibility index (Phi) is 2.16. The number of carboxylic acid groups (broad SMARTS) is 1. The van der Waals surface area contributed by atoms with E-state index in [1.165, 1.54) is 0 Å². The van der Waals surface area contributed by atoms with E-state index in [1.807, 2.05) is 24.3 Å². The molecule has 13 heavy (non-hydrogen) atoms. The van der Waals surface area contributed by atoms with E-state index in [4.69, 9.17) is 16.7 Å². The third-order valence-electron chi connectivity index (χ3n) is 1.73. The van der Waals surface area contributed by atoms with Crippen molar-refractivity contribution in [2.45, 2.75) is 0 Å². The van der Waals surface area contributed by atoms with Gasteiger partial charge in [0.2, 0.25) is 0 Å². The molecule has 2 rings (SSSR count). The van der Waals surface area contributed by atoms with Gasteiger partial charge in [-0.3, -0.25) is 0 Å². The Balaban J connectivity index is 2.81. The monoisotopic (exact) mass is 260 g/mol. The number of aromatic carboxylic acids is 1. The van der Waals surface area contributed by atoms with Crippen LogP contribution < -0.4 is 0 Å². The quantitative estimate of drug-likeness (QED) is 0.798. The molecule has 2 aromatic rings. The number of halogens is 1. The van der Waals surface area contributed by atoms with Crippen LogP contribution in [0, 0.1) is 0 Å². The Hall–Kier alpha value is -0.761. The summed E-state index contributed by atoms with van der Waals surface area (Å²) in [6.07, 6.45) is 0. The van der Waals surface area contributed by atoms with Crippen LogP contribution >= 0.6 is 11.6 Å². The SMILES string of the molecule is O=C(O)c1[se]c2ccccc2c1Cl. The molecule has 1 aromatic carbocycles. The van der Waals surface area contributed by atoms with Crippen LogP contribution in [0.5, 0.6) is 0 Å². The summed E-state index contributed by atoms with van der Waals surface area (Å²) in [5.74, 6) is -0.902. The molecule has 0 spiro atoms. The summed E-state index contributed by atoms with van der Waals surface area (Å²) in [6.45, 7) is 0. The van der Waals surface area contributed by atoms with E-state index in [0.29, 0.717) is 9.46 Å². The molecule has 0 atom stereocenters. The van der Waals surface area contributed by atoms with Crippen LogP contribution in [0.2, 0.25) is 5.02 Å². The van der Waals surface area contributed by atoms with E-state index in [0.717, 1.165) is 9.65 Å². The molecular formula is C9H5ClO2Se. The molecule has 0 saturated heterocycles. The van der Waals surface area contributed by atoms with Crippen molar-refractivity contribution in [2.24, 2.45) is 0 Å². The standard InChI is InChI=1S/C9H5ClO2Se/c10-7-5-3-1-2-4-6(5)13-8(7)9(11)12/h1-4H,(H,11,12). The molecule has 66 valence electrons. The second kappa shape index (κ2) is 3.18. The predicted octanol–water partition coefficient (Wildman–Crippen LogP) is 2.25. The molecule has 0 unspecified atom stereocenters. The van der Waals surface area contributed by atoms with Crippen molar-refractivity contribution in [3.05, 3.63) is 33.7 Å². The Morgan fingerprint density at radius 2 is 2.08 bits per heavy atom. The van der Waals surface area contributed by atoms with Crippen molar-refractivity contribution in [1.82, 2.24) is 0 Å². The van der Waals surface area contributed by atoms with E-state index in [2.05, 4.69) is 0 Å². The van der Waals surface area contributed by atoms with Gasteiger partial charge in [0.25, 0.3) is 0 Å². The Labute approximate surface area is 85.5 Å². The summed E-state index contributed by atoms with van der Waals surface area (Å²) in [7, 11) is 0. The number of rotatable bonds is 1. The maximum atomic E-state index is 10.8. The molecule has 1 heterocycles. The molecule has 0 aliphatic rings. The van der Waals surface area contributed by atoms with Gasteiger partial charge in [-0.15, -0.1) is 0 Å². The molecule has 4 heteroatoms. The summed E-state index contributed by atoms with van der Waals surface area (Å²) in [4.78, 5) is 10.8. The third-order valence-corrected chi connectivity index (χ3v) is 4.81. The van der Waals surface area contributed by atoms with Gasteiger partial charge in [0, 0.05) is 0 Å². The van der Waals surface area contributed by atoms with E-state index < -0.39 is 5.97 Å². The number of hydrogen-bond donors (Lipinski definition) is 1. The summed E-state index contributed by atoms with van der Waals surface area (Å²) < 4.78 is 1.41. The van der Waals surface area contributed by atoms with Gasteiger partial charge >= 0.3 is 85.3 Å². The Morgan fingerprint density at radius 3 is 2.69 bits per heavy atom. The van der Waals surface area contributed by atoms with E-state index in [-0.39, 0.29) is 14.5 Å². The third kappa shape index (κ3) is 1.39. The van der Waals surface area contributed by atoms with Gasteiger partial charge in [-0.25, -0.2) is 0 Å². The summed E-state index contributed by atoms with van der Waals surface area (Å²) >= 11 is 5.78. The molecule has 0 fully saturated rings. The van der Waals surface area contributed by atoms with Gasteiger partial charge in [-0.05, 0) is 0 Å². The van der Waals surface area contributed by atoms with Gasteiger partial charge in [0.1, 0.15) is 0 Å². The van der Waals surface area contributed by atoms with Gasteiger partial charge in [-0.2, -0.15) is 0 Å². The maximum absolute atomic E-state index is 10.8. The molecular weight excluding hydrogens is 255 g/mol. The van der Waals surface area contributed by atoms with Crippen LogP contribution in [0.25, 0.3) is 9.65 Å². The van der Waals surface area contributed by atoms with Crippen LogP contribution in [0.15, 0.2) is 24.3 Å². The molecule has 0 bridgehead atoms. The van der Waals surface area contributed by atoms with Gasteiger partial charge in [0.05, 0.1) is 0 Å². The van der Waals surface area contributed by atoms with E-state index in [1.54, 1.807) is 0 Å². The van der Waals surface area contributed by atoms with Gasteiger partial charge < -0.3 is 0 Å². The van der Waals surface area contributed by atoms with Crippen molar-refractivity contribution in [3.63, 3.8) is 0 Å². The summed E-state index contributed by atoms with van der Waals surface area (Å²) in [5, 5.41) is 10.1. The summed E-state index contributed by atoms with van der Waals surface area (Å²) in [5.41, 5.74) is 0. The molecule has 1 aromatic heterocycles. The number of carboxylic acids is 1. The number of benzene rings is 1. The minimum atomic E-state index is -0.902. The fraction of sp³-hybridized carbons (Fsp3) is 0. The molecule has 0 amide bonds. The van der Waals surface area contributed by atoms with Crippen molar-refractivity contribution in [1.29, 1.82) is 0 Å². The second-order valence-corrected chi connectivity index (χ2v) is 5.13. The zero-order chi connectivity index (χ0) is 9.42. The van der Waals surface area contributed by atoms with Crippen LogP contribution in [-0.2, 0) is 0 Å². The van der Waals surface area contributed by atoms with Crippen LogP contribution in [0.3, 0.4) is 0 Å². The molecule has 2 nitrogen and oxygen atoms in total. The number of carbonyl (C=O) groups is 1.